The number of nitrogens with two attached hydrogens (primary N) is 1. The summed E-state index contributed by atoms with van der Waals surface area (Å²) in [6.07, 6.45) is 11.0. The maximum absolute atomic E-state index is 12.5. The molecular weight excluding hydrogens is 238 g/mol. The number of rotatable bonds is 2. The van der Waals surface area contributed by atoms with Crippen molar-refractivity contribution in [3.63, 3.8) is 0 Å². The minimum absolute atomic E-state index is 0.197. The van der Waals surface area contributed by atoms with Gasteiger partial charge in [0, 0.05) is 18.2 Å². The van der Waals surface area contributed by atoms with Gasteiger partial charge in [-0.25, -0.2) is 0 Å². The molecule has 0 aromatic heterocycles. The largest absolute Gasteiger partial charge is 0.399 e. The molecule has 2 fully saturated rings. The van der Waals surface area contributed by atoms with Crippen molar-refractivity contribution in [1.29, 1.82) is 0 Å². The van der Waals surface area contributed by atoms with E-state index in [2.05, 4.69) is 11.0 Å². The SMILES string of the molecule is NC1=CC2C(C=C1)CCN2C(=O)CN1CCCCC1. The number of likely N-dealkylation sites (tertiary alicyclic amines) is 2. The number of allylic oxidation sites excluding steroid dienone is 1. The van der Waals surface area contributed by atoms with Gasteiger partial charge in [-0.15, -0.1) is 0 Å². The van der Waals surface area contributed by atoms with Gasteiger partial charge >= 0.3 is 0 Å². The summed E-state index contributed by atoms with van der Waals surface area (Å²) < 4.78 is 0. The molecule has 104 valence electrons. The van der Waals surface area contributed by atoms with E-state index in [1.807, 2.05) is 17.1 Å². The van der Waals surface area contributed by atoms with Gasteiger partial charge in [0.05, 0.1) is 12.6 Å². The van der Waals surface area contributed by atoms with Crippen LogP contribution < -0.4 is 5.73 Å². The molecule has 2 heterocycles. The molecule has 1 amide bonds. The van der Waals surface area contributed by atoms with Gasteiger partial charge in [0.25, 0.3) is 0 Å². The van der Waals surface area contributed by atoms with Gasteiger partial charge in [-0.1, -0.05) is 12.5 Å². The number of amides is 1. The highest BCUT2D eigenvalue weighted by atomic mass is 16.2. The Hall–Kier alpha value is -1.29. The molecule has 0 aromatic carbocycles. The fraction of sp³-hybridized carbons (Fsp3) is 0.667. The maximum Gasteiger partial charge on any atom is 0.237 e. The number of hydrogen-bond acceptors (Lipinski definition) is 3. The average molecular weight is 261 g/mol. The third kappa shape index (κ3) is 2.68. The van der Waals surface area contributed by atoms with E-state index in [0.29, 0.717) is 12.5 Å². The lowest BCUT2D eigenvalue weighted by Gasteiger charge is -2.31. The van der Waals surface area contributed by atoms with Crippen LogP contribution in [0, 0.1) is 5.92 Å². The highest BCUT2D eigenvalue weighted by molar-refractivity contribution is 5.79. The topological polar surface area (TPSA) is 49.6 Å². The molecule has 1 aliphatic carbocycles. The second kappa shape index (κ2) is 5.37. The van der Waals surface area contributed by atoms with Gasteiger partial charge in [-0.3, -0.25) is 9.69 Å². The number of fused-ring (bicyclic) bond motifs is 1. The van der Waals surface area contributed by atoms with Crippen LogP contribution in [0.1, 0.15) is 25.7 Å². The van der Waals surface area contributed by atoms with Gasteiger partial charge in [0.2, 0.25) is 5.91 Å². The standard InChI is InChI=1S/C15H23N3O/c16-13-5-4-12-6-9-18(14(12)10-13)15(19)11-17-7-2-1-3-8-17/h4-5,10,12,14H,1-3,6-9,11,16H2. The predicted octanol–water partition coefficient (Wildman–Crippen LogP) is 1.10. The zero-order valence-corrected chi connectivity index (χ0v) is 11.4. The molecule has 2 N–H and O–H groups in total. The summed E-state index contributed by atoms with van der Waals surface area (Å²) in [5.74, 6) is 0.742. The van der Waals surface area contributed by atoms with E-state index in [9.17, 15) is 4.79 Å². The molecule has 0 radical (unpaired) electrons. The fourth-order valence-electron chi connectivity index (χ4n) is 3.44. The summed E-state index contributed by atoms with van der Waals surface area (Å²) in [5.41, 5.74) is 6.65. The Bertz CT molecular complexity index is 410. The summed E-state index contributed by atoms with van der Waals surface area (Å²) in [4.78, 5) is 16.8. The van der Waals surface area contributed by atoms with Crippen LogP contribution in [-0.4, -0.2) is 47.9 Å². The monoisotopic (exact) mass is 261 g/mol. The summed E-state index contributed by atoms with van der Waals surface area (Å²) in [6, 6.07) is 0.197. The molecule has 0 spiro atoms. The number of nitrogens with zero attached hydrogens (tertiary/aromatic N) is 2. The molecule has 2 unspecified atom stereocenters. The molecule has 3 rings (SSSR count). The minimum Gasteiger partial charge on any atom is -0.399 e. The van der Waals surface area contributed by atoms with E-state index in [0.717, 1.165) is 31.8 Å². The first kappa shape index (κ1) is 12.7. The Labute approximate surface area is 114 Å². The van der Waals surface area contributed by atoms with Crippen molar-refractivity contribution in [2.24, 2.45) is 11.7 Å². The summed E-state index contributed by atoms with van der Waals surface area (Å²) in [7, 11) is 0. The molecule has 19 heavy (non-hydrogen) atoms. The zero-order chi connectivity index (χ0) is 13.2. The first-order chi connectivity index (χ1) is 9.24. The van der Waals surface area contributed by atoms with Crippen molar-refractivity contribution in [2.75, 3.05) is 26.2 Å². The van der Waals surface area contributed by atoms with E-state index < -0.39 is 0 Å². The van der Waals surface area contributed by atoms with E-state index in [4.69, 9.17) is 5.73 Å². The van der Waals surface area contributed by atoms with Gasteiger partial charge in [-0.05, 0) is 44.5 Å². The number of carbonyl (C=O) groups is 1. The third-order valence-electron chi connectivity index (χ3n) is 4.53. The van der Waals surface area contributed by atoms with Crippen LogP contribution in [0.15, 0.2) is 23.9 Å². The molecule has 2 saturated heterocycles. The quantitative estimate of drug-likeness (QED) is 0.810. The van der Waals surface area contributed by atoms with E-state index >= 15 is 0 Å². The second-order valence-electron chi connectivity index (χ2n) is 5.89. The predicted molar refractivity (Wildman–Crippen MR) is 75.3 cm³/mol. The van der Waals surface area contributed by atoms with Crippen molar-refractivity contribution in [2.45, 2.75) is 31.7 Å². The molecule has 4 heteroatoms. The molecule has 0 saturated carbocycles. The second-order valence-corrected chi connectivity index (χ2v) is 5.89. The van der Waals surface area contributed by atoms with Crippen LogP contribution in [-0.2, 0) is 4.79 Å². The van der Waals surface area contributed by atoms with E-state index in [-0.39, 0.29) is 11.9 Å². The number of hydrogen-bond donors (Lipinski definition) is 1. The van der Waals surface area contributed by atoms with Crippen LogP contribution in [0.2, 0.25) is 0 Å². The minimum atomic E-state index is 0.197. The molecule has 4 nitrogen and oxygen atoms in total. The first-order valence-corrected chi connectivity index (χ1v) is 7.41. The maximum atomic E-state index is 12.5. The molecule has 0 aromatic rings. The highest BCUT2D eigenvalue weighted by Crippen LogP contribution is 2.30. The molecule has 0 bridgehead atoms. The Morgan fingerprint density at radius 2 is 2.05 bits per heavy atom. The summed E-state index contributed by atoms with van der Waals surface area (Å²) >= 11 is 0. The lowest BCUT2D eigenvalue weighted by molar-refractivity contribution is -0.132. The van der Waals surface area contributed by atoms with Gasteiger partial charge in [-0.2, -0.15) is 0 Å². The smallest absolute Gasteiger partial charge is 0.237 e. The highest BCUT2D eigenvalue weighted by Gasteiger charge is 2.35. The molecule has 3 aliphatic rings. The Balaban J connectivity index is 1.62. The van der Waals surface area contributed by atoms with Crippen molar-refractivity contribution in [1.82, 2.24) is 9.80 Å². The molecule has 2 atom stereocenters. The van der Waals surface area contributed by atoms with Crippen molar-refractivity contribution in [3.8, 4) is 0 Å². The number of piperidine rings is 1. The Morgan fingerprint density at radius 3 is 2.84 bits per heavy atom. The van der Waals surface area contributed by atoms with E-state index in [1.165, 1.54) is 19.3 Å². The summed E-state index contributed by atoms with van der Waals surface area (Å²) in [6.45, 7) is 3.61. The van der Waals surface area contributed by atoms with Crippen LogP contribution in [0.5, 0.6) is 0 Å². The van der Waals surface area contributed by atoms with Crippen LogP contribution in [0.4, 0.5) is 0 Å². The van der Waals surface area contributed by atoms with Crippen LogP contribution >= 0.6 is 0 Å². The lowest BCUT2D eigenvalue weighted by atomic mass is 9.95. The number of carbonyl (C=O) groups excluding carboxylic acids is 1. The average Bonchev–Trinajstić information content (AvgIpc) is 2.82. The normalized spacial score (nSPS) is 31.2. The lowest BCUT2D eigenvalue weighted by Crippen LogP contribution is -2.45. The Morgan fingerprint density at radius 1 is 1.26 bits per heavy atom. The van der Waals surface area contributed by atoms with E-state index in [1.54, 1.807) is 0 Å². The zero-order valence-electron chi connectivity index (χ0n) is 11.4. The summed E-state index contributed by atoms with van der Waals surface area (Å²) in [5, 5.41) is 0. The van der Waals surface area contributed by atoms with Gasteiger partial charge < -0.3 is 10.6 Å². The van der Waals surface area contributed by atoms with Crippen molar-refractivity contribution >= 4 is 5.91 Å². The van der Waals surface area contributed by atoms with Gasteiger partial charge in [0.1, 0.15) is 0 Å². The van der Waals surface area contributed by atoms with Gasteiger partial charge in [0.15, 0.2) is 0 Å². The molecular formula is C15H23N3O. The molecule has 2 aliphatic heterocycles. The van der Waals surface area contributed by atoms with Crippen molar-refractivity contribution in [3.05, 3.63) is 23.9 Å². The fourth-order valence-corrected chi connectivity index (χ4v) is 3.44. The third-order valence-corrected chi connectivity index (χ3v) is 4.53. The Kier molecular flexibility index (Phi) is 3.60. The van der Waals surface area contributed by atoms with Crippen molar-refractivity contribution < 1.29 is 4.79 Å². The first-order valence-electron chi connectivity index (χ1n) is 7.41. The van der Waals surface area contributed by atoms with Crippen LogP contribution in [0.25, 0.3) is 0 Å². The van der Waals surface area contributed by atoms with Crippen LogP contribution in [0.3, 0.4) is 0 Å².